The van der Waals surface area contributed by atoms with Crippen molar-refractivity contribution < 1.29 is 46.9 Å². The van der Waals surface area contributed by atoms with Crippen molar-refractivity contribution in [3.05, 3.63) is 35.6 Å². The van der Waals surface area contributed by atoms with Gasteiger partial charge in [-0.2, -0.15) is 0 Å². The largest absolute Gasteiger partial charge is 0.462 e. The molecule has 8 atom stereocenters. The van der Waals surface area contributed by atoms with E-state index >= 15 is 0 Å². The molecule has 1 saturated heterocycles. The zero-order valence-corrected chi connectivity index (χ0v) is 33.7. The first kappa shape index (κ1) is 42.1. The van der Waals surface area contributed by atoms with E-state index in [9.17, 15) is 9.59 Å². The Balaban J connectivity index is 2.05. The monoisotopic (exact) mass is 721 g/mol. The maximum absolute atomic E-state index is 13.8. The molecule has 0 saturated carbocycles. The minimum absolute atomic E-state index is 0.000346. The van der Waals surface area contributed by atoms with Crippen LogP contribution in [0, 0.1) is 11.8 Å². The van der Waals surface area contributed by atoms with Crippen LogP contribution in [0.15, 0.2) is 28.4 Å². The Labute approximate surface area is 300 Å². The Bertz CT molecular complexity index is 1310. The average Bonchev–Trinajstić information content (AvgIpc) is 3.50. The fourth-order valence-electron chi connectivity index (χ4n) is 6.31. The average molecular weight is 722 g/mol. The van der Waals surface area contributed by atoms with Crippen LogP contribution in [0.2, 0.25) is 18.1 Å². The zero-order valence-electron chi connectivity index (χ0n) is 32.7. The summed E-state index contributed by atoms with van der Waals surface area (Å²) in [4.78, 5) is 30.7. The molecule has 0 aliphatic carbocycles. The lowest BCUT2D eigenvalue weighted by atomic mass is 9.87. The number of hydrogen-bond acceptors (Lipinski definition) is 11. The third kappa shape index (κ3) is 11.6. The Morgan fingerprint density at radius 1 is 1.08 bits per heavy atom. The molecule has 2 aliphatic rings. The number of methoxy groups -OCH3 is 3. The van der Waals surface area contributed by atoms with Crippen molar-refractivity contribution in [2.24, 2.45) is 11.8 Å². The van der Waals surface area contributed by atoms with Gasteiger partial charge in [0.15, 0.2) is 20.2 Å². The highest BCUT2D eigenvalue weighted by atomic mass is 28.4. The summed E-state index contributed by atoms with van der Waals surface area (Å²) in [6.45, 7) is 20.4. The molecule has 12 heteroatoms. The topological polar surface area (TPSA) is 125 Å². The van der Waals surface area contributed by atoms with Gasteiger partial charge in [-0.1, -0.05) is 46.8 Å². The lowest BCUT2D eigenvalue weighted by Gasteiger charge is -2.45. The molecule has 11 nitrogen and oxygen atoms in total. The molecular weight excluding hydrogens is 659 g/mol. The van der Waals surface area contributed by atoms with Crippen LogP contribution in [-0.4, -0.2) is 82.9 Å². The number of rotatable bonds is 9. The molecule has 2 bridgehead atoms. The van der Waals surface area contributed by atoms with Crippen molar-refractivity contribution in [3.63, 3.8) is 0 Å². The van der Waals surface area contributed by atoms with Crippen LogP contribution >= 0.6 is 0 Å². The van der Waals surface area contributed by atoms with Gasteiger partial charge in [0.2, 0.25) is 5.89 Å². The number of cyclic esters (lactones) is 1. The number of hydrogen-bond donors (Lipinski definition) is 0. The van der Waals surface area contributed by atoms with Crippen LogP contribution in [-0.2, 0) is 42.4 Å². The van der Waals surface area contributed by atoms with Crippen LogP contribution in [0.3, 0.4) is 0 Å². The van der Waals surface area contributed by atoms with E-state index in [1.165, 1.54) is 13.2 Å². The predicted octanol–water partition coefficient (Wildman–Crippen LogP) is 7.96. The molecule has 0 spiro atoms. The highest BCUT2D eigenvalue weighted by molar-refractivity contribution is 6.74. The molecule has 0 amide bonds. The van der Waals surface area contributed by atoms with Gasteiger partial charge in [-0.15, -0.1) is 0 Å². The summed E-state index contributed by atoms with van der Waals surface area (Å²) in [5.74, 6) is -1.72. The van der Waals surface area contributed by atoms with Crippen molar-refractivity contribution >= 4 is 26.3 Å². The standard InChI is InChI=1S/C38H63NO10Si/c1-24(27(4)42-9)18-35-39-32(23-45-35)34-19-29(46-28(5)40)15-14-16-30-21-38(43-10,44-11)22-31(47-30)20-33(49-50(12,13)37(6,7)8)25(2)17-26(3)36(41)48-34/h14,16,18,23,25-27,29-31,33-34H,15,17,19-22H2,1-13H3/b16-14-,24-18-/t25-,26-,27+,29-,30+,31-,33-,34-/m0/s1. The summed E-state index contributed by atoms with van der Waals surface area (Å²) >= 11 is 0. The van der Waals surface area contributed by atoms with Crippen LogP contribution in [0.1, 0.15) is 112 Å². The smallest absolute Gasteiger partial charge is 0.309 e. The van der Waals surface area contributed by atoms with Gasteiger partial charge in [0.1, 0.15) is 18.1 Å². The summed E-state index contributed by atoms with van der Waals surface area (Å²) < 4.78 is 48.9. The number of oxazole rings is 1. The molecule has 1 aromatic rings. The zero-order chi connectivity index (χ0) is 37.4. The van der Waals surface area contributed by atoms with Crippen LogP contribution in [0.4, 0.5) is 0 Å². The first-order chi connectivity index (χ1) is 23.3. The van der Waals surface area contributed by atoms with Crippen LogP contribution in [0.25, 0.3) is 6.08 Å². The Hall–Kier alpha value is -2.35. The highest BCUT2D eigenvalue weighted by Crippen LogP contribution is 2.42. The molecule has 0 radical (unpaired) electrons. The summed E-state index contributed by atoms with van der Waals surface area (Å²) in [5, 5.41) is -0.00842. The van der Waals surface area contributed by atoms with E-state index in [2.05, 4.69) is 45.8 Å². The number of nitrogens with zero attached hydrogens (tertiary/aromatic N) is 1. The van der Waals surface area contributed by atoms with Gasteiger partial charge in [0, 0.05) is 60.0 Å². The normalized spacial score (nSPS) is 30.3. The summed E-state index contributed by atoms with van der Waals surface area (Å²) in [6, 6.07) is 0. The fraction of sp³-hybridized carbons (Fsp3) is 0.763. The third-order valence-electron chi connectivity index (χ3n) is 10.7. The molecule has 284 valence electrons. The number of fused-ring (bicyclic) bond motifs is 2. The maximum atomic E-state index is 13.8. The summed E-state index contributed by atoms with van der Waals surface area (Å²) in [6.07, 6.45) is 7.72. The van der Waals surface area contributed by atoms with Gasteiger partial charge in [-0.25, -0.2) is 4.98 Å². The second-order valence-electron chi connectivity index (χ2n) is 15.7. The van der Waals surface area contributed by atoms with E-state index < -0.39 is 38.2 Å². The second kappa shape index (κ2) is 17.9. The van der Waals surface area contributed by atoms with Gasteiger partial charge >= 0.3 is 11.9 Å². The van der Waals surface area contributed by atoms with Gasteiger partial charge in [-0.05, 0) is 56.3 Å². The highest BCUT2D eigenvalue weighted by Gasteiger charge is 2.45. The summed E-state index contributed by atoms with van der Waals surface area (Å²) in [7, 11) is 2.76. The van der Waals surface area contributed by atoms with Crippen molar-refractivity contribution in [2.45, 2.75) is 154 Å². The second-order valence-corrected chi connectivity index (χ2v) is 20.5. The number of carbonyl (C=O) groups excluding carboxylic acids is 2. The molecule has 0 unspecified atom stereocenters. The van der Waals surface area contributed by atoms with Gasteiger partial charge in [0.25, 0.3) is 0 Å². The van der Waals surface area contributed by atoms with E-state index in [1.807, 2.05) is 32.9 Å². The van der Waals surface area contributed by atoms with Crippen molar-refractivity contribution in [3.8, 4) is 0 Å². The number of carbonyl (C=O) groups is 2. The minimum Gasteiger partial charge on any atom is -0.462 e. The quantitative estimate of drug-likeness (QED) is 0.107. The Morgan fingerprint density at radius 2 is 1.76 bits per heavy atom. The predicted molar refractivity (Wildman–Crippen MR) is 194 cm³/mol. The molecule has 0 aromatic carbocycles. The van der Waals surface area contributed by atoms with Crippen molar-refractivity contribution in [1.82, 2.24) is 4.98 Å². The lowest BCUT2D eigenvalue weighted by Crippen LogP contribution is -2.50. The molecular formula is C38H63NO10Si. The molecule has 3 heterocycles. The Morgan fingerprint density at radius 3 is 2.36 bits per heavy atom. The van der Waals surface area contributed by atoms with E-state index in [0.717, 1.165) is 5.57 Å². The van der Waals surface area contributed by atoms with E-state index in [-0.39, 0.29) is 47.8 Å². The van der Waals surface area contributed by atoms with E-state index in [0.29, 0.717) is 43.7 Å². The molecule has 1 fully saturated rings. The van der Waals surface area contributed by atoms with Crippen molar-refractivity contribution in [1.29, 1.82) is 0 Å². The fourth-order valence-corrected chi connectivity index (χ4v) is 7.75. The molecule has 1 aromatic heterocycles. The number of esters is 2. The van der Waals surface area contributed by atoms with Gasteiger partial charge in [-0.3, -0.25) is 9.59 Å². The molecule has 50 heavy (non-hydrogen) atoms. The lowest BCUT2D eigenvalue weighted by molar-refractivity contribution is -0.269. The van der Waals surface area contributed by atoms with E-state index in [4.69, 9.17) is 37.3 Å². The number of ether oxygens (including phenoxy) is 6. The Kier molecular flexibility index (Phi) is 15.1. The van der Waals surface area contributed by atoms with Crippen LogP contribution < -0.4 is 0 Å². The molecule has 2 aliphatic heterocycles. The van der Waals surface area contributed by atoms with Crippen molar-refractivity contribution in [2.75, 3.05) is 21.3 Å². The number of aromatic nitrogens is 1. The third-order valence-corrected chi connectivity index (χ3v) is 15.2. The van der Waals surface area contributed by atoms with Crippen LogP contribution in [0.5, 0.6) is 0 Å². The SMILES string of the molecule is CO[C@H](C)/C(C)=C\c1nc([C@@H]2C[C@@H](OC(C)=O)C/C=C\[C@@H]3CC(OC)(OC)C[C@H](C[C@H](O[Si](C)(C)C(C)(C)C)[C@@H](C)C[C@H](C)C(=O)O2)O3)co1. The molecule has 3 rings (SSSR count). The summed E-state index contributed by atoms with van der Waals surface area (Å²) in [5.41, 5.74) is 1.36. The first-order valence-electron chi connectivity index (χ1n) is 18.0. The maximum Gasteiger partial charge on any atom is 0.309 e. The van der Waals surface area contributed by atoms with Gasteiger partial charge in [0.05, 0.1) is 30.3 Å². The first-order valence-corrected chi connectivity index (χ1v) is 20.9. The van der Waals surface area contributed by atoms with Gasteiger partial charge < -0.3 is 37.3 Å². The van der Waals surface area contributed by atoms with E-state index in [1.54, 1.807) is 27.4 Å². The minimum atomic E-state index is -2.21. The molecule has 0 N–H and O–H groups in total.